The van der Waals surface area contributed by atoms with Gasteiger partial charge in [0.2, 0.25) is 0 Å². The molecule has 1 saturated carbocycles. The third-order valence-electron chi connectivity index (χ3n) is 4.53. The smallest absolute Gasteiger partial charge is 0.191 e. The Morgan fingerprint density at radius 1 is 1.42 bits per heavy atom. The summed E-state index contributed by atoms with van der Waals surface area (Å²) in [6.45, 7) is 10.4. The molecule has 0 aromatic heterocycles. The lowest BCUT2D eigenvalue weighted by atomic mass is 9.99. The highest BCUT2D eigenvalue weighted by Gasteiger charge is 2.33. The van der Waals surface area contributed by atoms with Crippen LogP contribution in [0, 0.1) is 11.8 Å². The molecule has 0 aromatic carbocycles. The van der Waals surface area contributed by atoms with Gasteiger partial charge < -0.3 is 10.6 Å². The summed E-state index contributed by atoms with van der Waals surface area (Å²) in [7, 11) is 1.86. The molecule has 110 valence electrons. The molecular formula is C15H30N4. The topological polar surface area (TPSA) is 39.7 Å². The summed E-state index contributed by atoms with van der Waals surface area (Å²) in [5.74, 6) is 2.62. The summed E-state index contributed by atoms with van der Waals surface area (Å²) in [6.07, 6.45) is 4.01. The van der Waals surface area contributed by atoms with Gasteiger partial charge in [-0.05, 0) is 44.6 Å². The number of hydrogen-bond donors (Lipinski definition) is 2. The van der Waals surface area contributed by atoms with Crippen molar-refractivity contribution in [2.75, 3.05) is 26.7 Å². The highest BCUT2D eigenvalue weighted by atomic mass is 15.2. The van der Waals surface area contributed by atoms with Crippen molar-refractivity contribution in [3.05, 3.63) is 0 Å². The molecule has 0 amide bonds. The van der Waals surface area contributed by atoms with Crippen molar-refractivity contribution in [3.63, 3.8) is 0 Å². The average molecular weight is 266 g/mol. The zero-order valence-electron chi connectivity index (χ0n) is 12.9. The number of nitrogens with zero attached hydrogens (tertiary/aromatic N) is 2. The second kappa shape index (κ2) is 6.60. The standard InChI is InChI=1S/C15H30N4/c1-11-6-5-7-19(10-11)13(3)9-17-15(16-4)18-14-8-12(14)2/h11-14H,5-10H2,1-4H3,(H2,16,17,18). The monoisotopic (exact) mass is 266 g/mol. The van der Waals surface area contributed by atoms with E-state index in [1.54, 1.807) is 0 Å². The Hall–Kier alpha value is -0.770. The highest BCUT2D eigenvalue weighted by Crippen LogP contribution is 2.28. The molecule has 0 bridgehead atoms. The molecule has 0 spiro atoms. The lowest BCUT2D eigenvalue weighted by molar-refractivity contribution is 0.139. The Balaban J connectivity index is 1.70. The Morgan fingerprint density at radius 3 is 2.74 bits per heavy atom. The maximum atomic E-state index is 4.31. The van der Waals surface area contributed by atoms with Gasteiger partial charge >= 0.3 is 0 Å². The lowest BCUT2D eigenvalue weighted by Gasteiger charge is -2.35. The minimum absolute atomic E-state index is 0.581. The van der Waals surface area contributed by atoms with Crippen molar-refractivity contribution in [1.29, 1.82) is 0 Å². The van der Waals surface area contributed by atoms with Crippen molar-refractivity contribution in [1.82, 2.24) is 15.5 Å². The van der Waals surface area contributed by atoms with Gasteiger partial charge in [-0.1, -0.05) is 13.8 Å². The quantitative estimate of drug-likeness (QED) is 0.601. The van der Waals surface area contributed by atoms with Crippen LogP contribution in [0.1, 0.15) is 40.0 Å². The van der Waals surface area contributed by atoms with E-state index in [2.05, 4.69) is 41.3 Å². The van der Waals surface area contributed by atoms with Gasteiger partial charge in [0.25, 0.3) is 0 Å². The summed E-state index contributed by atoms with van der Waals surface area (Å²) in [6, 6.07) is 1.22. The van der Waals surface area contributed by atoms with E-state index in [1.165, 1.54) is 32.4 Å². The van der Waals surface area contributed by atoms with E-state index in [1.807, 2.05) is 7.05 Å². The molecule has 4 atom stereocenters. The third kappa shape index (κ3) is 4.37. The van der Waals surface area contributed by atoms with Gasteiger partial charge in [-0.25, -0.2) is 0 Å². The fourth-order valence-electron chi connectivity index (χ4n) is 2.89. The third-order valence-corrected chi connectivity index (χ3v) is 4.53. The van der Waals surface area contributed by atoms with Crippen LogP contribution < -0.4 is 10.6 Å². The number of aliphatic imine (C=N–C) groups is 1. The van der Waals surface area contributed by atoms with Crippen molar-refractivity contribution in [2.45, 2.75) is 52.1 Å². The van der Waals surface area contributed by atoms with Crippen LogP contribution in [-0.4, -0.2) is 49.6 Å². The fourth-order valence-corrected chi connectivity index (χ4v) is 2.89. The zero-order chi connectivity index (χ0) is 13.8. The summed E-state index contributed by atoms with van der Waals surface area (Å²) in [5, 5.41) is 6.95. The summed E-state index contributed by atoms with van der Waals surface area (Å²) in [5.41, 5.74) is 0. The predicted molar refractivity (Wildman–Crippen MR) is 81.5 cm³/mol. The Bertz CT molecular complexity index is 315. The van der Waals surface area contributed by atoms with E-state index >= 15 is 0 Å². The van der Waals surface area contributed by atoms with Gasteiger partial charge in [0.1, 0.15) is 0 Å². The molecular weight excluding hydrogens is 236 g/mol. The number of piperidine rings is 1. The van der Waals surface area contributed by atoms with Crippen molar-refractivity contribution >= 4 is 5.96 Å². The van der Waals surface area contributed by atoms with Crippen LogP contribution in [0.5, 0.6) is 0 Å². The maximum absolute atomic E-state index is 4.31. The minimum atomic E-state index is 0.581. The first-order valence-corrected chi connectivity index (χ1v) is 7.81. The molecule has 2 rings (SSSR count). The number of likely N-dealkylation sites (tertiary alicyclic amines) is 1. The largest absolute Gasteiger partial charge is 0.355 e. The van der Waals surface area contributed by atoms with Gasteiger partial charge in [0.05, 0.1) is 0 Å². The number of guanidine groups is 1. The Labute approximate surface area is 118 Å². The first kappa shape index (κ1) is 14.6. The number of nitrogens with one attached hydrogen (secondary N) is 2. The molecule has 4 heteroatoms. The highest BCUT2D eigenvalue weighted by molar-refractivity contribution is 5.80. The van der Waals surface area contributed by atoms with Gasteiger partial charge in [0, 0.05) is 32.2 Å². The molecule has 4 unspecified atom stereocenters. The summed E-state index contributed by atoms with van der Waals surface area (Å²) >= 11 is 0. The molecule has 2 aliphatic rings. The zero-order valence-corrected chi connectivity index (χ0v) is 12.9. The van der Waals surface area contributed by atoms with Crippen LogP contribution in [0.25, 0.3) is 0 Å². The SMILES string of the molecule is CN=C(NCC(C)N1CCCC(C)C1)NC1CC1C. The van der Waals surface area contributed by atoms with Gasteiger partial charge in [-0.15, -0.1) is 0 Å². The van der Waals surface area contributed by atoms with E-state index in [-0.39, 0.29) is 0 Å². The fraction of sp³-hybridized carbons (Fsp3) is 0.933. The first-order valence-electron chi connectivity index (χ1n) is 7.81. The predicted octanol–water partition coefficient (Wildman–Crippen LogP) is 1.68. The molecule has 1 saturated heterocycles. The maximum Gasteiger partial charge on any atom is 0.191 e. The number of hydrogen-bond acceptors (Lipinski definition) is 2. The normalized spacial score (nSPS) is 33.9. The molecule has 4 nitrogen and oxygen atoms in total. The van der Waals surface area contributed by atoms with Crippen LogP contribution >= 0.6 is 0 Å². The molecule has 0 aromatic rings. The molecule has 2 fully saturated rings. The van der Waals surface area contributed by atoms with Crippen LogP contribution in [0.2, 0.25) is 0 Å². The van der Waals surface area contributed by atoms with Crippen molar-refractivity contribution < 1.29 is 0 Å². The molecule has 1 heterocycles. The van der Waals surface area contributed by atoms with E-state index in [9.17, 15) is 0 Å². The van der Waals surface area contributed by atoms with Crippen LogP contribution in [0.4, 0.5) is 0 Å². The molecule has 2 N–H and O–H groups in total. The van der Waals surface area contributed by atoms with E-state index in [0.717, 1.165) is 24.3 Å². The van der Waals surface area contributed by atoms with Crippen LogP contribution in [0.3, 0.4) is 0 Å². The van der Waals surface area contributed by atoms with E-state index < -0.39 is 0 Å². The molecule has 1 aliphatic carbocycles. The second-order valence-electron chi connectivity index (χ2n) is 6.51. The van der Waals surface area contributed by atoms with Crippen molar-refractivity contribution in [2.24, 2.45) is 16.8 Å². The number of rotatable bonds is 4. The Kier molecular flexibility index (Phi) is 5.08. The second-order valence-corrected chi connectivity index (χ2v) is 6.51. The molecule has 19 heavy (non-hydrogen) atoms. The summed E-state index contributed by atoms with van der Waals surface area (Å²) < 4.78 is 0. The van der Waals surface area contributed by atoms with Gasteiger partial charge in [-0.2, -0.15) is 0 Å². The van der Waals surface area contributed by atoms with Gasteiger partial charge in [0.15, 0.2) is 5.96 Å². The lowest BCUT2D eigenvalue weighted by Crippen LogP contribution is -2.49. The Morgan fingerprint density at radius 2 is 2.16 bits per heavy atom. The van der Waals surface area contributed by atoms with Gasteiger partial charge in [-0.3, -0.25) is 9.89 Å². The van der Waals surface area contributed by atoms with Crippen LogP contribution in [-0.2, 0) is 0 Å². The molecule has 1 aliphatic heterocycles. The van der Waals surface area contributed by atoms with E-state index in [4.69, 9.17) is 0 Å². The first-order chi connectivity index (χ1) is 9.10. The van der Waals surface area contributed by atoms with Crippen LogP contribution in [0.15, 0.2) is 4.99 Å². The summed E-state index contributed by atoms with van der Waals surface area (Å²) in [4.78, 5) is 6.92. The van der Waals surface area contributed by atoms with E-state index in [0.29, 0.717) is 12.1 Å². The average Bonchev–Trinajstić information content (AvgIpc) is 3.09. The molecule has 0 radical (unpaired) electrons. The minimum Gasteiger partial charge on any atom is -0.355 e. The van der Waals surface area contributed by atoms with Crippen molar-refractivity contribution in [3.8, 4) is 0 Å².